The Labute approximate surface area is 126 Å². The lowest BCUT2D eigenvalue weighted by atomic mass is 10.1. The van der Waals surface area contributed by atoms with E-state index in [9.17, 15) is 9.18 Å². The van der Waals surface area contributed by atoms with Gasteiger partial charge in [0.05, 0.1) is 4.47 Å². The van der Waals surface area contributed by atoms with Crippen molar-refractivity contribution in [1.82, 2.24) is 0 Å². The van der Waals surface area contributed by atoms with Gasteiger partial charge in [0.25, 0.3) is 0 Å². The van der Waals surface area contributed by atoms with E-state index in [1.165, 1.54) is 18.2 Å². The lowest BCUT2D eigenvalue weighted by Crippen LogP contribution is -2.12. The molecule has 0 aliphatic carbocycles. The second-order valence-corrected chi connectivity index (χ2v) is 5.48. The fourth-order valence-corrected chi connectivity index (χ4v) is 2.47. The van der Waals surface area contributed by atoms with Crippen LogP contribution in [0.15, 0.2) is 51.4 Å². The summed E-state index contributed by atoms with van der Waals surface area (Å²) in [6.45, 7) is -0.104. The van der Waals surface area contributed by atoms with Gasteiger partial charge in [-0.25, -0.2) is 4.39 Å². The maximum Gasteiger partial charge on any atom is 0.201 e. The number of benzene rings is 2. The van der Waals surface area contributed by atoms with Gasteiger partial charge in [-0.15, -0.1) is 0 Å². The van der Waals surface area contributed by atoms with E-state index in [2.05, 4.69) is 31.9 Å². The molecule has 2 nitrogen and oxygen atoms in total. The zero-order valence-electron chi connectivity index (χ0n) is 9.70. The minimum absolute atomic E-state index is 0.104. The molecule has 0 bridgehead atoms. The van der Waals surface area contributed by atoms with Crippen molar-refractivity contribution in [3.8, 4) is 5.75 Å². The molecule has 2 rings (SSSR count). The molecule has 0 saturated heterocycles. The smallest absolute Gasteiger partial charge is 0.201 e. The predicted molar refractivity (Wildman–Crippen MR) is 78.1 cm³/mol. The summed E-state index contributed by atoms with van der Waals surface area (Å²) in [6.07, 6.45) is 0. The van der Waals surface area contributed by atoms with Crippen molar-refractivity contribution < 1.29 is 13.9 Å². The average Bonchev–Trinajstić information content (AvgIpc) is 2.38. The SMILES string of the molecule is O=C(COc1ccc(F)cc1Br)c1ccccc1Br. The molecule has 5 heteroatoms. The third-order valence-corrected chi connectivity index (χ3v) is 3.74. The zero-order valence-corrected chi connectivity index (χ0v) is 12.9. The molecule has 0 unspecified atom stereocenters. The van der Waals surface area contributed by atoms with Gasteiger partial charge in [0.15, 0.2) is 6.61 Å². The maximum absolute atomic E-state index is 12.9. The molecule has 19 heavy (non-hydrogen) atoms. The molecule has 0 aliphatic heterocycles. The van der Waals surface area contributed by atoms with Crippen molar-refractivity contribution in [1.29, 1.82) is 0 Å². The van der Waals surface area contributed by atoms with Crippen molar-refractivity contribution >= 4 is 37.6 Å². The molecule has 0 saturated carbocycles. The van der Waals surface area contributed by atoms with Crippen LogP contribution in [0.2, 0.25) is 0 Å². The molecule has 0 aliphatic rings. The van der Waals surface area contributed by atoms with E-state index in [4.69, 9.17) is 4.74 Å². The summed E-state index contributed by atoms with van der Waals surface area (Å²) in [5.41, 5.74) is 0.556. The summed E-state index contributed by atoms with van der Waals surface area (Å²) >= 11 is 6.49. The number of ketones is 1. The third-order valence-electron chi connectivity index (χ3n) is 2.43. The summed E-state index contributed by atoms with van der Waals surface area (Å²) in [6, 6.07) is 11.2. The lowest BCUT2D eigenvalue weighted by molar-refractivity contribution is 0.0920. The monoisotopic (exact) mass is 386 g/mol. The Morgan fingerprint density at radius 2 is 1.84 bits per heavy atom. The summed E-state index contributed by atoms with van der Waals surface area (Å²) < 4.78 is 19.5. The van der Waals surface area contributed by atoms with Crippen LogP contribution >= 0.6 is 31.9 Å². The zero-order chi connectivity index (χ0) is 13.8. The van der Waals surface area contributed by atoms with E-state index in [1.807, 2.05) is 6.07 Å². The first-order valence-electron chi connectivity index (χ1n) is 5.43. The van der Waals surface area contributed by atoms with Crippen molar-refractivity contribution in [2.45, 2.75) is 0 Å². The largest absolute Gasteiger partial charge is 0.484 e. The number of Topliss-reactive ketones (excluding diaryl/α,β-unsaturated/α-hetero) is 1. The number of hydrogen-bond donors (Lipinski definition) is 0. The minimum Gasteiger partial charge on any atom is -0.484 e. The van der Waals surface area contributed by atoms with Crippen LogP contribution < -0.4 is 4.74 Å². The van der Waals surface area contributed by atoms with Crippen LogP contribution in [0.3, 0.4) is 0 Å². The fraction of sp³-hybridized carbons (Fsp3) is 0.0714. The van der Waals surface area contributed by atoms with E-state index in [1.54, 1.807) is 18.2 Å². The van der Waals surface area contributed by atoms with E-state index in [-0.39, 0.29) is 18.2 Å². The Morgan fingerprint density at radius 3 is 2.53 bits per heavy atom. The van der Waals surface area contributed by atoms with Crippen LogP contribution in [-0.2, 0) is 0 Å². The van der Waals surface area contributed by atoms with Crippen LogP contribution in [0, 0.1) is 5.82 Å². The first kappa shape index (κ1) is 14.2. The highest BCUT2D eigenvalue weighted by Crippen LogP contribution is 2.26. The van der Waals surface area contributed by atoms with Gasteiger partial charge < -0.3 is 4.74 Å². The summed E-state index contributed by atoms with van der Waals surface area (Å²) in [5.74, 6) is -0.0816. The number of rotatable bonds is 4. The van der Waals surface area contributed by atoms with Gasteiger partial charge in [-0.1, -0.05) is 34.1 Å². The Morgan fingerprint density at radius 1 is 1.11 bits per heavy atom. The number of carbonyl (C=O) groups is 1. The molecule has 0 spiro atoms. The normalized spacial score (nSPS) is 10.3. The second-order valence-electron chi connectivity index (χ2n) is 3.77. The molecule has 0 atom stereocenters. The molecule has 0 N–H and O–H groups in total. The average molecular weight is 388 g/mol. The molecule has 0 fully saturated rings. The summed E-state index contributed by atoms with van der Waals surface area (Å²) in [4.78, 5) is 12.0. The Balaban J connectivity index is 2.07. The topological polar surface area (TPSA) is 26.3 Å². The number of ether oxygens (including phenoxy) is 1. The van der Waals surface area contributed by atoms with Crippen LogP contribution in [0.25, 0.3) is 0 Å². The van der Waals surface area contributed by atoms with Gasteiger partial charge in [0.2, 0.25) is 5.78 Å². The molecular formula is C14H9Br2FO2. The predicted octanol–water partition coefficient (Wildman–Crippen LogP) is 4.61. The van der Waals surface area contributed by atoms with Crippen molar-refractivity contribution in [3.63, 3.8) is 0 Å². The Hall–Kier alpha value is -1.20. The molecule has 0 heterocycles. The molecule has 0 amide bonds. The molecule has 2 aromatic rings. The van der Waals surface area contributed by atoms with Gasteiger partial charge in [-0.2, -0.15) is 0 Å². The number of hydrogen-bond acceptors (Lipinski definition) is 2. The van der Waals surface area contributed by atoms with Gasteiger partial charge in [-0.3, -0.25) is 4.79 Å². The summed E-state index contributed by atoms with van der Waals surface area (Å²) in [7, 11) is 0. The molecular weight excluding hydrogens is 379 g/mol. The van der Waals surface area contributed by atoms with E-state index in [0.717, 1.165) is 4.47 Å². The molecule has 2 aromatic carbocycles. The molecule has 0 radical (unpaired) electrons. The third kappa shape index (κ3) is 3.64. The van der Waals surface area contributed by atoms with E-state index >= 15 is 0 Å². The molecule has 98 valence electrons. The Bertz CT molecular complexity index is 614. The van der Waals surface area contributed by atoms with Crippen molar-refractivity contribution in [3.05, 3.63) is 62.8 Å². The first-order chi connectivity index (χ1) is 9.08. The van der Waals surface area contributed by atoms with Crippen LogP contribution in [-0.4, -0.2) is 12.4 Å². The van der Waals surface area contributed by atoms with Crippen molar-refractivity contribution in [2.75, 3.05) is 6.61 Å². The van der Waals surface area contributed by atoms with Gasteiger partial charge in [0, 0.05) is 10.0 Å². The highest BCUT2D eigenvalue weighted by atomic mass is 79.9. The fourth-order valence-electron chi connectivity index (χ4n) is 1.50. The standard InChI is InChI=1S/C14H9Br2FO2/c15-11-4-2-1-3-10(11)13(18)8-19-14-6-5-9(17)7-12(14)16/h1-7H,8H2. The first-order valence-corrected chi connectivity index (χ1v) is 7.02. The quantitative estimate of drug-likeness (QED) is 0.716. The van der Waals surface area contributed by atoms with Crippen LogP contribution in [0.4, 0.5) is 4.39 Å². The van der Waals surface area contributed by atoms with Crippen LogP contribution in [0.5, 0.6) is 5.75 Å². The Kier molecular flexibility index (Phi) is 4.71. The van der Waals surface area contributed by atoms with Crippen molar-refractivity contribution in [2.24, 2.45) is 0 Å². The van der Waals surface area contributed by atoms with Crippen LogP contribution in [0.1, 0.15) is 10.4 Å². The lowest BCUT2D eigenvalue weighted by Gasteiger charge is -2.08. The molecule has 0 aromatic heterocycles. The second kappa shape index (κ2) is 6.30. The van der Waals surface area contributed by atoms with Gasteiger partial charge in [-0.05, 0) is 40.2 Å². The number of carbonyl (C=O) groups excluding carboxylic acids is 1. The highest BCUT2D eigenvalue weighted by molar-refractivity contribution is 9.10. The summed E-state index contributed by atoms with van der Waals surface area (Å²) in [5, 5.41) is 0. The van der Waals surface area contributed by atoms with E-state index < -0.39 is 0 Å². The minimum atomic E-state index is -0.364. The van der Waals surface area contributed by atoms with E-state index in [0.29, 0.717) is 15.8 Å². The van der Waals surface area contributed by atoms with Gasteiger partial charge >= 0.3 is 0 Å². The maximum atomic E-state index is 12.9. The number of halogens is 3. The van der Waals surface area contributed by atoms with Gasteiger partial charge in [0.1, 0.15) is 11.6 Å². The highest BCUT2D eigenvalue weighted by Gasteiger charge is 2.11.